The Morgan fingerprint density at radius 3 is 2.13 bits per heavy atom. The minimum absolute atomic E-state index is 0.254. The molecule has 2 aliphatic heterocycles. The molecule has 0 atom stereocenters. The van der Waals surface area contributed by atoms with Crippen molar-refractivity contribution in [2.75, 3.05) is 6.54 Å². The van der Waals surface area contributed by atoms with Gasteiger partial charge >= 0.3 is 0 Å². The minimum atomic E-state index is -0.261. The number of nitrogens with zero attached hydrogens (tertiary/aromatic N) is 1. The third kappa shape index (κ3) is 2.26. The highest BCUT2D eigenvalue weighted by molar-refractivity contribution is 6.21. The Morgan fingerprint density at radius 1 is 0.826 bits per heavy atom. The molecule has 0 saturated carbocycles. The Kier molecular flexibility index (Phi) is 3.12. The van der Waals surface area contributed by atoms with Gasteiger partial charge in [-0.05, 0) is 24.3 Å². The van der Waals surface area contributed by atoms with E-state index in [1.165, 1.54) is 11.2 Å². The van der Waals surface area contributed by atoms with Crippen LogP contribution in [0.2, 0.25) is 0 Å². The average Bonchev–Trinajstić information content (AvgIpc) is 2.84. The molecular weight excluding hydrogens is 294 g/mol. The fourth-order valence-corrected chi connectivity index (χ4v) is 2.70. The zero-order chi connectivity index (χ0) is 15.8. The smallest absolute Gasteiger partial charge is 0.261 e. The van der Waals surface area contributed by atoms with E-state index in [0.29, 0.717) is 34.8 Å². The molecule has 4 rings (SSSR count). The molecule has 5 nitrogen and oxygen atoms in total. The molecule has 2 aliphatic rings. The summed E-state index contributed by atoms with van der Waals surface area (Å²) in [6.45, 7) is 0.254. The summed E-state index contributed by atoms with van der Waals surface area (Å²) in [6, 6.07) is 14.2. The van der Waals surface area contributed by atoms with Gasteiger partial charge in [0.1, 0.15) is 12.0 Å². The van der Waals surface area contributed by atoms with E-state index in [2.05, 4.69) is 0 Å². The maximum atomic E-state index is 12.3. The molecule has 0 unspecified atom stereocenters. The number of para-hydroxylation sites is 2. The fourth-order valence-electron chi connectivity index (χ4n) is 2.70. The number of ether oxygens (including phenoxy) is 2. The fraction of sp³-hybridized carbons (Fsp3) is 0.111. The third-order valence-corrected chi connectivity index (χ3v) is 3.87. The maximum absolute atomic E-state index is 12.3. The van der Waals surface area contributed by atoms with Gasteiger partial charge in [0.2, 0.25) is 0 Å². The first kappa shape index (κ1) is 13.6. The molecular formula is C18H13NO4. The second kappa shape index (κ2) is 5.28. The van der Waals surface area contributed by atoms with Crippen LogP contribution >= 0.6 is 0 Å². The van der Waals surface area contributed by atoms with Crippen molar-refractivity contribution in [2.24, 2.45) is 0 Å². The molecule has 23 heavy (non-hydrogen) atoms. The summed E-state index contributed by atoms with van der Waals surface area (Å²) in [5.74, 6) is 1.34. The first-order valence-electron chi connectivity index (χ1n) is 7.32. The number of hydrogen-bond acceptors (Lipinski definition) is 4. The monoisotopic (exact) mass is 307 g/mol. The van der Waals surface area contributed by atoms with Crippen LogP contribution in [0.1, 0.15) is 27.1 Å². The average molecular weight is 307 g/mol. The SMILES string of the molecule is O=C1c2ccccc2C(=O)N1CCC1=COc2ccccc2O1. The molecule has 2 aromatic carbocycles. The molecule has 2 heterocycles. The highest BCUT2D eigenvalue weighted by atomic mass is 16.6. The molecule has 0 radical (unpaired) electrons. The molecule has 0 fully saturated rings. The lowest BCUT2D eigenvalue weighted by atomic mass is 10.1. The van der Waals surface area contributed by atoms with Gasteiger partial charge in [0, 0.05) is 13.0 Å². The van der Waals surface area contributed by atoms with Crippen LogP contribution in [-0.4, -0.2) is 23.3 Å². The van der Waals surface area contributed by atoms with Crippen LogP contribution in [0.25, 0.3) is 0 Å². The molecule has 2 aromatic rings. The van der Waals surface area contributed by atoms with Gasteiger partial charge in [0.25, 0.3) is 11.8 Å². The second-order valence-corrected chi connectivity index (χ2v) is 5.31. The number of benzene rings is 2. The van der Waals surface area contributed by atoms with Crippen LogP contribution in [0.5, 0.6) is 11.5 Å². The summed E-state index contributed by atoms with van der Waals surface area (Å²) < 4.78 is 11.2. The van der Waals surface area contributed by atoms with Gasteiger partial charge in [-0.15, -0.1) is 0 Å². The number of fused-ring (bicyclic) bond motifs is 2. The van der Waals surface area contributed by atoms with Crippen molar-refractivity contribution in [3.63, 3.8) is 0 Å². The highest BCUT2D eigenvalue weighted by Crippen LogP contribution is 2.33. The number of carbonyl (C=O) groups excluding carboxylic acids is 2. The van der Waals surface area contributed by atoms with Gasteiger partial charge in [0.15, 0.2) is 11.5 Å². The van der Waals surface area contributed by atoms with Gasteiger partial charge in [-0.2, -0.15) is 0 Å². The Balaban J connectivity index is 1.46. The maximum Gasteiger partial charge on any atom is 0.261 e. The molecule has 0 spiro atoms. The summed E-state index contributed by atoms with van der Waals surface area (Å²) in [7, 11) is 0. The van der Waals surface area contributed by atoms with Crippen LogP contribution in [0.3, 0.4) is 0 Å². The van der Waals surface area contributed by atoms with Crippen molar-refractivity contribution >= 4 is 11.8 Å². The largest absolute Gasteiger partial charge is 0.458 e. The van der Waals surface area contributed by atoms with E-state index >= 15 is 0 Å². The van der Waals surface area contributed by atoms with E-state index in [0.717, 1.165) is 0 Å². The number of hydrogen-bond donors (Lipinski definition) is 0. The summed E-state index contributed by atoms with van der Waals surface area (Å²) in [5, 5.41) is 0. The lowest BCUT2D eigenvalue weighted by molar-refractivity contribution is 0.0652. The summed E-state index contributed by atoms with van der Waals surface area (Å²) in [4.78, 5) is 25.8. The number of amides is 2. The van der Waals surface area contributed by atoms with Gasteiger partial charge < -0.3 is 9.47 Å². The lowest BCUT2D eigenvalue weighted by Crippen LogP contribution is -2.31. The van der Waals surface area contributed by atoms with Crippen LogP contribution in [0, 0.1) is 0 Å². The van der Waals surface area contributed by atoms with Gasteiger partial charge in [-0.1, -0.05) is 24.3 Å². The van der Waals surface area contributed by atoms with Crippen LogP contribution < -0.4 is 9.47 Å². The van der Waals surface area contributed by atoms with Crippen molar-refractivity contribution in [2.45, 2.75) is 6.42 Å². The van der Waals surface area contributed by atoms with Crippen molar-refractivity contribution in [1.82, 2.24) is 4.90 Å². The molecule has 5 heteroatoms. The van der Waals surface area contributed by atoms with E-state index < -0.39 is 0 Å². The summed E-state index contributed by atoms with van der Waals surface area (Å²) in [6.07, 6.45) is 1.92. The highest BCUT2D eigenvalue weighted by Gasteiger charge is 2.35. The quantitative estimate of drug-likeness (QED) is 0.818. The Bertz CT molecular complexity index is 805. The van der Waals surface area contributed by atoms with Crippen LogP contribution in [-0.2, 0) is 0 Å². The molecule has 2 amide bonds. The minimum Gasteiger partial charge on any atom is -0.458 e. The molecule has 0 bridgehead atoms. The van der Waals surface area contributed by atoms with E-state index in [1.54, 1.807) is 24.3 Å². The zero-order valence-corrected chi connectivity index (χ0v) is 12.2. The molecule has 114 valence electrons. The standard InChI is InChI=1S/C18H13NO4/c20-17-13-5-1-2-6-14(13)18(21)19(17)10-9-12-11-22-15-7-3-4-8-16(15)23-12/h1-8,11H,9-10H2. The lowest BCUT2D eigenvalue weighted by Gasteiger charge is -2.20. The second-order valence-electron chi connectivity index (χ2n) is 5.31. The molecule has 0 saturated heterocycles. The topological polar surface area (TPSA) is 55.8 Å². The predicted molar refractivity (Wildman–Crippen MR) is 82.2 cm³/mol. The number of carbonyl (C=O) groups is 2. The van der Waals surface area contributed by atoms with E-state index in [4.69, 9.17) is 9.47 Å². The number of imide groups is 1. The van der Waals surface area contributed by atoms with Crippen LogP contribution in [0.15, 0.2) is 60.6 Å². The summed E-state index contributed by atoms with van der Waals surface area (Å²) >= 11 is 0. The van der Waals surface area contributed by atoms with Gasteiger partial charge in [0.05, 0.1) is 11.1 Å². The predicted octanol–water partition coefficient (Wildman–Crippen LogP) is 2.99. The van der Waals surface area contributed by atoms with Crippen LogP contribution in [0.4, 0.5) is 0 Å². The van der Waals surface area contributed by atoms with Gasteiger partial charge in [-0.3, -0.25) is 14.5 Å². The van der Waals surface area contributed by atoms with Crippen molar-refractivity contribution in [3.8, 4) is 11.5 Å². The third-order valence-electron chi connectivity index (χ3n) is 3.87. The molecule has 0 N–H and O–H groups in total. The first-order chi connectivity index (χ1) is 11.2. The van der Waals surface area contributed by atoms with E-state index in [1.807, 2.05) is 24.3 Å². The zero-order valence-electron chi connectivity index (χ0n) is 12.2. The van der Waals surface area contributed by atoms with E-state index in [-0.39, 0.29) is 18.4 Å². The van der Waals surface area contributed by atoms with Gasteiger partial charge in [-0.25, -0.2) is 0 Å². The van der Waals surface area contributed by atoms with Crippen molar-refractivity contribution in [1.29, 1.82) is 0 Å². The van der Waals surface area contributed by atoms with Crippen molar-refractivity contribution < 1.29 is 19.1 Å². The number of rotatable bonds is 3. The van der Waals surface area contributed by atoms with Crippen molar-refractivity contribution in [3.05, 3.63) is 71.7 Å². The Labute approximate surface area is 132 Å². The normalized spacial score (nSPS) is 15.5. The molecule has 0 aliphatic carbocycles. The first-order valence-corrected chi connectivity index (χ1v) is 7.32. The Morgan fingerprint density at radius 2 is 1.43 bits per heavy atom. The van der Waals surface area contributed by atoms with E-state index in [9.17, 15) is 9.59 Å². The Hall–Kier alpha value is -3.08. The molecule has 0 aromatic heterocycles. The summed E-state index contributed by atoms with van der Waals surface area (Å²) in [5.41, 5.74) is 0.912.